The lowest BCUT2D eigenvalue weighted by Gasteiger charge is -2.16. The van der Waals surface area contributed by atoms with Gasteiger partial charge in [0.25, 0.3) is 0 Å². The average Bonchev–Trinajstić information content (AvgIpc) is 2.84. The summed E-state index contributed by atoms with van der Waals surface area (Å²) in [6.07, 6.45) is 5.83. The molecular formula is C11H14N4S. The summed E-state index contributed by atoms with van der Waals surface area (Å²) in [5, 5.41) is 4.76. The fraction of sp³-hybridized carbons (Fsp3) is 0.364. The minimum absolute atomic E-state index is 0.699. The highest BCUT2D eigenvalue weighted by Crippen LogP contribution is 2.06. The monoisotopic (exact) mass is 234 g/mol. The van der Waals surface area contributed by atoms with Gasteiger partial charge in [-0.25, -0.2) is 0 Å². The maximum Gasteiger partial charge on any atom is 0.189 e. The molecule has 4 nitrogen and oxygen atoms in total. The Balaban J connectivity index is 1.82. The molecule has 2 rings (SSSR count). The first-order valence-corrected chi connectivity index (χ1v) is 5.76. The molecule has 5 heteroatoms. The Morgan fingerprint density at radius 2 is 2.25 bits per heavy atom. The highest BCUT2D eigenvalue weighted by atomic mass is 32.1. The first-order chi connectivity index (χ1) is 7.86. The SMILES string of the molecule is S=C(N/N=C/c1ccccn1)N1CCCC1. The number of hydrogen-bond acceptors (Lipinski definition) is 3. The second kappa shape index (κ2) is 5.55. The Hall–Kier alpha value is -1.49. The predicted octanol–water partition coefficient (Wildman–Crippen LogP) is 1.39. The van der Waals surface area contributed by atoms with Gasteiger partial charge in [-0.15, -0.1) is 0 Å². The van der Waals surface area contributed by atoms with Gasteiger partial charge in [-0.05, 0) is 37.2 Å². The van der Waals surface area contributed by atoms with Crippen molar-refractivity contribution in [1.29, 1.82) is 0 Å². The Kier molecular flexibility index (Phi) is 3.82. The van der Waals surface area contributed by atoms with E-state index in [2.05, 4.69) is 20.4 Å². The first-order valence-electron chi connectivity index (χ1n) is 5.35. The zero-order valence-electron chi connectivity index (χ0n) is 8.97. The van der Waals surface area contributed by atoms with E-state index in [1.54, 1.807) is 12.4 Å². The van der Waals surface area contributed by atoms with Gasteiger partial charge in [0.1, 0.15) is 0 Å². The number of nitrogens with one attached hydrogen (secondary N) is 1. The molecule has 0 radical (unpaired) electrons. The van der Waals surface area contributed by atoms with Gasteiger partial charge < -0.3 is 4.90 Å². The van der Waals surface area contributed by atoms with Gasteiger partial charge in [-0.2, -0.15) is 5.10 Å². The number of likely N-dealkylation sites (tertiary alicyclic amines) is 1. The molecule has 0 aliphatic carbocycles. The van der Waals surface area contributed by atoms with Crippen LogP contribution in [0.3, 0.4) is 0 Å². The standard InChI is InChI=1S/C11H14N4S/c16-11(15-7-3-4-8-15)14-13-9-10-5-1-2-6-12-10/h1-2,5-6,9H,3-4,7-8H2,(H,14,16)/b13-9+. The molecule has 0 spiro atoms. The minimum atomic E-state index is 0.699. The van der Waals surface area contributed by atoms with Crippen molar-refractivity contribution in [3.8, 4) is 0 Å². The van der Waals surface area contributed by atoms with Gasteiger partial charge in [0.2, 0.25) is 0 Å². The number of hydrazone groups is 1. The van der Waals surface area contributed by atoms with Crippen LogP contribution in [0.2, 0.25) is 0 Å². The number of nitrogens with zero attached hydrogens (tertiary/aromatic N) is 3. The van der Waals surface area contributed by atoms with Gasteiger partial charge in [0.05, 0.1) is 11.9 Å². The summed E-state index contributed by atoms with van der Waals surface area (Å²) >= 11 is 5.21. The number of aromatic nitrogens is 1. The third-order valence-corrected chi connectivity index (χ3v) is 2.79. The van der Waals surface area contributed by atoms with Crippen LogP contribution in [0.5, 0.6) is 0 Å². The predicted molar refractivity (Wildman–Crippen MR) is 68.4 cm³/mol. The third-order valence-electron chi connectivity index (χ3n) is 2.44. The normalized spacial score (nSPS) is 15.6. The summed E-state index contributed by atoms with van der Waals surface area (Å²) in [7, 11) is 0. The molecule has 0 saturated carbocycles. The van der Waals surface area contributed by atoms with Crippen molar-refractivity contribution in [3.63, 3.8) is 0 Å². The van der Waals surface area contributed by atoms with Crippen molar-refractivity contribution in [2.45, 2.75) is 12.8 Å². The van der Waals surface area contributed by atoms with Crippen LogP contribution in [-0.2, 0) is 0 Å². The summed E-state index contributed by atoms with van der Waals surface area (Å²) in [6, 6.07) is 5.69. The molecule has 0 unspecified atom stereocenters. The van der Waals surface area contributed by atoms with Gasteiger partial charge in [0, 0.05) is 19.3 Å². The summed E-state index contributed by atoms with van der Waals surface area (Å²) in [4.78, 5) is 6.26. The molecule has 2 heterocycles. The zero-order chi connectivity index (χ0) is 11.2. The second-order valence-corrected chi connectivity index (χ2v) is 4.01. The van der Waals surface area contributed by atoms with Crippen LogP contribution >= 0.6 is 12.2 Å². The van der Waals surface area contributed by atoms with E-state index in [0.717, 1.165) is 18.8 Å². The molecule has 0 amide bonds. The summed E-state index contributed by atoms with van der Waals surface area (Å²) in [6.45, 7) is 2.07. The van der Waals surface area contributed by atoms with Crippen LogP contribution in [0.1, 0.15) is 18.5 Å². The van der Waals surface area contributed by atoms with Crippen LogP contribution in [-0.4, -0.2) is 34.3 Å². The highest BCUT2D eigenvalue weighted by Gasteiger charge is 2.13. The fourth-order valence-corrected chi connectivity index (χ4v) is 1.83. The maximum atomic E-state index is 5.21. The van der Waals surface area contributed by atoms with Crippen molar-refractivity contribution >= 4 is 23.5 Å². The first kappa shape index (κ1) is 11.0. The Morgan fingerprint density at radius 1 is 1.44 bits per heavy atom. The van der Waals surface area contributed by atoms with E-state index in [0.29, 0.717) is 5.11 Å². The molecule has 1 aromatic heterocycles. The quantitative estimate of drug-likeness (QED) is 0.477. The van der Waals surface area contributed by atoms with Crippen molar-refractivity contribution in [2.75, 3.05) is 13.1 Å². The second-order valence-electron chi connectivity index (χ2n) is 3.62. The van der Waals surface area contributed by atoms with Crippen molar-refractivity contribution in [2.24, 2.45) is 5.10 Å². The summed E-state index contributed by atoms with van der Waals surface area (Å²) in [5.74, 6) is 0. The van der Waals surface area contributed by atoms with E-state index < -0.39 is 0 Å². The molecule has 84 valence electrons. The van der Waals surface area contributed by atoms with E-state index in [1.807, 2.05) is 18.2 Å². The topological polar surface area (TPSA) is 40.5 Å². The molecule has 16 heavy (non-hydrogen) atoms. The van der Waals surface area contributed by atoms with Gasteiger partial charge in [0.15, 0.2) is 5.11 Å². The number of pyridine rings is 1. The maximum absolute atomic E-state index is 5.21. The zero-order valence-corrected chi connectivity index (χ0v) is 9.78. The van der Waals surface area contributed by atoms with Gasteiger partial charge in [-0.3, -0.25) is 10.4 Å². The lowest BCUT2D eigenvalue weighted by atomic mass is 10.4. The lowest BCUT2D eigenvalue weighted by Crippen LogP contribution is -2.34. The van der Waals surface area contributed by atoms with Crippen molar-refractivity contribution in [3.05, 3.63) is 30.1 Å². The molecule has 1 saturated heterocycles. The molecular weight excluding hydrogens is 220 g/mol. The van der Waals surface area contributed by atoms with Crippen LogP contribution in [0.15, 0.2) is 29.5 Å². The minimum Gasteiger partial charge on any atom is -0.348 e. The third kappa shape index (κ3) is 3.00. The van der Waals surface area contributed by atoms with Crippen LogP contribution in [0, 0.1) is 0 Å². The molecule has 1 N–H and O–H groups in total. The number of thiocarbonyl (C=S) groups is 1. The van der Waals surface area contributed by atoms with Crippen LogP contribution in [0.25, 0.3) is 0 Å². The van der Waals surface area contributed by atoms with E-state index in [9.17, 15) is 0 Å². The molecule has 0 atom stereocenters. The number of rotatable bonds is 2. The molecule has 1 aromatic rings. The van der Waals surface area contributed by atoms with Crippen LogP contribution in [0.4, 0.5) is 0 Å². The molecule has 1 fully saturated rings. The Bertz CT molecular complexity index is 371. The van der Waals surface area contributed by atoms with E-state index in [4.69, 9.17) is 12.2 Å². The summed E-state index contributed by atoms with van der Waals surface area (Å²) < 4.78 is 0. The average molecular weight is 234 g/mol. The number of hydrogen-bond donors (Lipinski definition) is 1. The Labute approximate surface area is 100 Å². The van der Waals surface area contributed by atoms with E-state index in [1.165, 1.54) is 12.8 Å². The van der Waals surface area contributed by atoms with Gasteiger partial charge in [-0.1, -0.05) is 6.07 Å². The summed E-state index contributed by atoms with van der Waals surface area (Å²) in [5.41, 5.74) is 3.68. The largest absolute Gasteiger partial charge is 0.348 e. The van der Waals surface area contributed by atoms with Crippen LogP contribution < -0.4 is 5.43 Å². The fourth-order valence-electron chi connectivity index (χ4n) is 1.60. The smallest absolute Gasteiger partial charge is 0.189 e. The van der Waals surface area contributed by atoms with Crippen molar-refractivity contribution in [1.82, 2.24) is 15.3 Å². The molecule has 0 bridgehead atoms. The molecule has 1 aliphatic rings. The van der Waals surface area contributed by atoms with Gasteiger partial charge >= 0.3 is 0 Å². The Morgan fingerprint density at radius 3 is 2.94 bits per heavy atom. The highest BCUT2D eigenvalue weighted by molar-refractivity contribution is 7.80. The van der Waals surface area contributed by atoms with E-state index in [-0.39, 0.29) is 0 Å². The van der Waals surface area contributed by atoms with Crippen molar-refractivity contribution < 1.29 is 0 Å². The molecule has 1 aliphatic heterocycles. The molecule has 0 aromatic carbocycles. The lowest BCUT2D eigenvalue weighted by molar-refractivity contribution is 0.509. The van der Waals surface area contributed by atoms with E-state index >= 15 is 0 Å².